The van der Waals surface area contributed by atoms with E-state index >= 15 is 0 Å². The van der Waals surface area contributed by atoms with Gasteiger partial charge in [-0.1, -0.05) is 35.3 Å². The molecule has 3 rings (SSSR count). The lowest BCUT2D eigenvalue weighted by Crippen LogP contribution is -2.44. The van der Waals surface area contributed by atoms with Crippen LogP contribution in [0.2, 0.25) is 10.0 Å². The molecule has 2 heterocycles. The average molecular weight is 452 g/mol. The van der Waals surface area contributed by atoms with Crippen molar-refractivity contribution in [1.82, 2.24) is 20.0 Å². The fourth-order valence-corrected chi connectivity index (χ4v) is 4.07. The summed E-state index contributed by atoms with van der Waals surface area (Å²) in [6, 6.07) is 7.57. The van der Waals surface area contributed by atoms with Crippen molar-refractivity contribution in [2.24, 2.45) is 23.5 Å². The van der Waals surface area contributed by atoms with Crippen LogP contribution in [0.1, 0.15) is 30.9 Å². The van der Waals surface area contributed by atoms with Crippen molar-refractivity contribution in [3.63, 3.8) is 0 Å². The SMILES string of the molecule is Cn1nc(-c2cccc(Cl)c2Cl)cc1C1CCN(C(=O)NCCCN=C(N)N)CC1. The zero-order valence-electron chi connectivity index (χ0n) is 16.9. The Morgan fingerprint density at radius 1 is 1.30 bits per heavy atom. The predicted octanol–water partition coefficient (Wildman–Crippen LogP) is 2.95. The molecule has 0 aliphatic carbocycles. The number of benzene rings is 1. The molecule has 1 fully saturated rings. The van der Waals surface area contributed by atoms with Gasteiger partial charge in [-0.05, 0) is 31.4 Å². The summed E-state index contributed by atoms with van der Waals surface area (Å²) in [7, 11) is 1.94. The maximum atomic E-state index is 12.3. The smallest absolute Gasteiger partial charge is 0.317 e. The minimum Gasteiger partial charge on any atom is -0.370 e. The van der Waals surface area contributed by atoms with Crippen LogP contribution in [0.5, 0.6) is 0 Å². The quantitative estimate of drug-likeness (QED) is 0.355. The third kappa shape index (κ3) is 5.37. The second-order valence-corrected chi connectivity index (χ2v) is 8.12. The molecule has 1 aromatic carbocycles. The van der Waals surface area contributed by atoms with E-state index in [-0.39, 0.29) is 12.0 Å². The number of urea groups is 1. The number of hydrogen-bond acceptors (Lipinski definition) is 3. The molecule has 0 saturated carbocycles. The van der Waals surface area contributed by atoms with Crippen LogP contribution >= 0.6 is 23.2 Å². The number of aryl methyl sites for hydroxylation is 1. The molecule has 1 aromatic heterocycles. The summed E-state index contributed by atoms with van der Waals surface area (Å²) in [5.74, 6) is 0.402. The minimum atomic E-state index is -0.0467. The fraction of sp³-hybridized carbons (Fsp3) is 0.450. The molecule has 10 heteroatoms. The van der Waals surface area contributed by atoms with E-state index in [4.69, 9.17) is 34.7 Å². The van der Waals surface area contributed by atoms with E-state index in [9.17, 15) is 4.79 Å². The highest BCUT2D eigenvalue weighted by molar-refractivity contribution is 6.43. The lowest BCUT2D eigenvalue weighted by atomic mass is 9.93. The van der Waals surface area contributed by atoms with Gasteiger partial charge in [0, 0.05) is 50.4 Å². The Morgan fingerprint density at radius 2 is 2.03 bits per heavy atom. The summed E-state index contributed by atoms with van der Waals surface area (Å²) in [6.07, 6.45) is 2.46. The first-order chi connectivity index (χ1) is 14.4. The second-order valence-electron chi connectivity index (χ2n) is 7.33. The van der Waals surface area contributed by atoms with Crippen LogP contribution in [-0.2, 0) is 7.05 Å². The largest absolute Gasteiger partial charge is 0.370 e. The van der Waals surface area contributed by atoms with Crippen molar-refractivity contribution < 1.29 is 4.79 Å². The van der Waals surface area contributed by atoms with Gasteiger partial charge in [0.2, 0.25) is 0 Å². The number of nitrogens with two attached hydrogens (primary N) is 2. The van der Waals surface area contributed by atoms with E-state index in [1.54, 1.807) is 6.07 Å². The number of aromatic nitrogens is 2. The summed E-state index contributed by atoms with van der Waals surface area (Å²) in [6.45, 7) is 2.44. The predicted molar refractivity (Wildman–Crippen MR) is 121 cm³/mol. The lowest BCUT2D eigenvalue weighted by Gasteiger charge is -2.32. The number of aliphatic imine (C=N–C) groups is 1. The number of halogens is 2. The van der Waals surface area contributed by atoms with Gasteiger partial charge in [-0.3, -0.25) is 9.67 Å². The van der Waals surface area contributed by atoms with E-state index < -0.39 is 0 Å². The summed E-state index contributed by atoms with van der Waals surface area (Å²) in [5, 5.41) is 8.58. The molecular formula is C20H27Cl2N7O. The minimum absolute atomic E-state index is 0.0467. The van der Waals surface area contributed by atoms with E-state index in [1.165, 1.54) is 0 Å². The van der Waals surface area contributed by atoms with E-state index in [1.807, 2.05) is 28.8 Å². The summed E-state index contributed by atoms with van der Waals surface area (Å²) in [5.41, 5.74) is 13.3. The number of nitrogens with one attached hydrogen (secondary N) is 1. The van der Waals surface area contributed by atoms with Crippen molar-refractivity contribution in [3.05, 3.63) is 40.0 Å². The molecule has 8 nitrogen and oxygen atoms in total. The van der Waals surface area contributed by atoms with Crippen LogP contribution < -0.4 is 16.8 Å². The molecule has 0 spiro atoms. The van der Waals surface area contributed by atoms with Gasteiger partial charge in [0.05, 0.1) is 15.7 Å². The summed E-state index contributed by atoms with van der Waals surface area (Å²) < 4.78 is 1.90. The Kier molecular flexibility index (Phi) is 7.44. The molecule has 30 heavy (non-hydrogen) atoms. The molecule has 5 N–H and O–H groups in total. The van der Waals surface area contributed by atoms with Crippen LogP contribution in [0.3, 0.4) is 0 Å². The van der Waals surface area contributed by atoms with Gasteiger partial charge in [0.1, 0.15) is 0 Å². The van der Waals surface area contributed by atoms with Gasteiger partial charge in [0.25, 0.3) is 0 Å². The number of hydrogen-bond donors (Lipinski definition) is 3. The Morgan fingerprint density at radius 3 is 2.73 bits per heavy atom. The molecule has 1 aliphatic rings. The van der Waals surface area contributed by atoms with Crippen LogP contribution in [-0.4, -0.2) is 52.9 Å². The Hall–Kier alpha value is -2.45. The standard InChI is InChI=1S/C20H27Cl2N7O/c1-28-17(12-16(27-28)14-4-2-5-15(21)18(14)22)13-6-10-29(11-7-13)20(30)26-9-3-8-25-19(23)24/h2,4-5,12-13H,3,6-11H2,1H3,(H,26,30)(H4,23,24,25). The molecule has 0 bridgehead atoms. The van der Waals surface area contributed by atoms with Crippen molar-refractivity contribution in [3.8, 4) is 11.3 Å². The maximum absolute atomic E-state index is 12.3. The number of nitrogens with zero attached hydrogens (tertiary/aromatic N) is 4. The number of carbonyl (C=O) groups excluding carboxylic acids is 1. The van der Waals surface area contributed by atoms with Crippen LogP contribution in [0.4, 0.5) is 4.79 Å². The second kappa shape index (κ2) is 10.0. The third-order valence-electron chi connectivity index (χ3n) is 5.25. The monoisotopic (exact) mass is 451 g/mol. The maximum Gasteiger partial charge on any atom is 0.317 e. The number of rotatable bonds is 6. The Balaban J connectivity index is 1.55. The van der Waals surface area contributed by atoms with Crippen LogP contribution in [0.25, 0.3) is 11.3 Å². The highest BCUT2D eigenvalue weighted by Crippen LogP contribution is 2.35. The molecule has 2 aromatic rings. The third-order valence-corrected chi connectivity index (χ3v) is 6.07. The Bertz CT molecular complexity index is 916. The number of guanidine groups is 1. The van der Waals surface area contributed by atoms with Crippen molar-refractivity contribution in [2.75, 3.05) is 26.2 Å². The topological polar surface area (TPSA) is 115 Å². The van der Waals surface area contributed by atoms with Crippen molar-refractivity contribution in [1.29, 1.82) is 0 Å². The van der Waals surface area contributed by atoms with E-state index in [0.717, 1.165) is 29.8 Å². The fourth-order valence-electron chi connectivity index (χ4n) is 3.67. The van der Waals surface area contributed by atoms with Gasteiger partial charge >= 0.3 is 6.03 Å². The number of piperidine rings is 1. The van der Waals surface area contributed by atoms with Gasteiger partial charge < -0.3 is 21.7 Å². The van der Waals surface area contributed by atoms with Crippen LogP contribution in [0.15, 0.2) is 29.3 Å². The zero-order chi connectivity index (χ0) is 21.7. The molecule has 1 aliphatic heterocycles. The van der Waals surface area contributed by atoms with Gasteiger partial charge in [-0.2, -0.15) is 5.10 Å². The molecule has 0 unspecified atom stereocenters. The Labute approximate surface area is 186 Å². The normalized spacial score (nSPS) is 14.6. The van der Waals surface area contributed by atoms with Crippen LogP contribution in [0, 0.1) is 0 Å². The van der Waals surface area contributed by atoms with E-state index in [2.05, 4.69) is 21.5 Å². The average Bonchev–Trinajstić information content (AvgIpc) is 3.11. The van der Waals surface area contributed by atoms with E-state index in [0.29, 0.717) is 48.6 Å². The van der Waals surface area contributed by atoms with Crippen molar-refractivity contribution in [2.45, 2.75) is 25.2 Å². The summed E-state index contributed by atoms with van der Waals surface area (Å²) in [4.78, 5) is 18.1. The first-order valence-electron chi connectivity index (χ1n) is 9.93. The van der Waals surface area contributed by atoms with Crippen molar-refractivity contribution >= 4 is 35.2 Å². The molecule has 0 atom stereocenters. The zero-order valence-corrected chi connectivity index (χ0v) is 18.5. The van der Waals surface area contributed by atoms with Gasteiger partial charge in [-0.15, -0.1) is 0 Å². The molecule has 0 radical (unpaired) electrons. The molecule has 162 valence electrons. The number of amides is 2. The number of likely N-dealkylation sites (tertiary alicyclic amines) is 1. The molecular weight excluding hydrogens is 425 g/mol. The highest BCUT2D eigenvalue weighted by atomic mass is 35.5. The summed E-state index contributed by atoms with van der Waals surface area (Å²) >= 11 is 12.5. The molecule has 2 amide bonds. The highest BCUT2D eigenvalue weighted by Gasteiger charge is 2.26. The number of carbonyl (C=O) groups is 1. The first-order valence-corrected chi connectivity index (χ1v) is 10.7. The van der Waals surface area contributed by atoms with Gasteiger partial charge in [0.15, 0.2) is 5.96 Å². The molecule has 1 saturated heterocycles. The lowest BCUT2D eigenvalue weighted by molar-refractivity contribution is 0.180. The van der Waals surface area contributed by atoms with Gasteiger partial charge in [-0.25, -0.2) is 4.79 Å². The first kappa shape index (κ1) is 22.2.